The molecule has 0 aliphatic heterocycles. The summed E-state index contributed by atoms with van der Waals surface area (Å²) in [5.41, 5.74) is 11.5. The van der Waals surface area contributed by atoms with Crippen LogP contribution in [0.5, 0.6) is 0 Å². The molecule has 0 bridgehead atoms. The van der Waals surface area contributed by atoms with Crippen molar-refractivity contribution in [2.24, 2.45) is 0 Å². The van der Waals surface area contributed by atoms with Crippen LogP contribution in [0.1, 0.15) is 46.1 Å². The van der Waals surface area contributed by atoms with Gasteiger partial charge in [0, 0.05) is 5.41 Å². The summed E-state index contributed by atoms with van der Waals surface area (Å²) in [6.45, 7) is 12.7. The smallest absolute Gasteiger partial charge is 0.0147 e. The van der Waals surface area contributed by atoms with Gasteiger partial charge in [0.15, 0.2) is 0 Å². The third-order valence-electron chi connectivity index (χ3n) is 10.2. The molecule has 0 fully saturated rings. The van der Waals surface area contributed by atoms with Crippen molar-refractivity contribution in [3.63, 3.8) is 0 Å². The van der Waals surface area contributed by atoms with Crippen LogP contribution in [-0.4, -0.2) is 0 Å². The molecule has 49 heavy (non-hydrogen) atoms. The molecular formula is C49H44. The van der Waals surface area contributed by atoms with Gasteiger partial charge in [-0.3, -0.25) is 0 Å². The average molecular weight is 633 g/mol. The van der Waals surface area contributed by atoms with Crippen LogP contribution >= 0.6 is 0 Å². The van der Waals surface area contributed by atoms with E-state index in [9.17, 15) is 0 Å². The zero-order valence-electron chi connectivity index (χ0n) is 29.1. The van der Waals surface area contributed by atoms with Crippen LogP contribution in [0.2, 0.25) is 0 Å². The normalized spacial score (nSPS) is 15.8. The van der Waals surface area contributed by atoms with E-state index >= 15 is 0 Å². The van der Waals surface area contributed by atoms with Gasteiger partial charge < -0.3 is 0 Å². The van der Waals surface area contributed by atoms with Crippen LogP contribution in [0.3, 0.4) is 0 Å². The molecule has 7 aromatic rings. The maximum absolute atomic E-state index is 4.13. The highest BCUT2D eigenvalue weighted by molar-refractivity contribution is 6.21. The van der Waals surface area contributed by atoms with Gasteiger partial charge in [-0.25, -0.2) is 0 Å². The first kappa shape index (κ1) is 32.1. The fourth-order valence-corrected chi connectivity index (χ4v) is 7.67. The van der Waals surface area contributed by atoms with Crippen molar-refractivity contribution in [1.29, 1.82) is 0 Å². The molecule has 0 N–H and O–H groups in total. The summed E-state index contributed by atoms with van der Waals surface area (Å²) in [7, 11) is 0. The highest BCUT2D eigenvalue weighted by Gasteiger charge is 2.28. The molecule has 1 unspecified atom stereocenters. The van der Waals surface area contributed by atoms with E-state index in [4.69, 9.17) is 0 Å². The lowest BCUT2D eigenvalue weighted by molar-refractivity contribution is 0.591. The Morgan fingerprint density at radius 1 is 0.571 bits per heavy atom. The molecule has 0 aromatic heterocycles. The molecular weight excluding hydrogens is 589 g/mol. The average Bonchev–Trinajstić information content (AvgIpc) is 3.17. The molecule has 0 nitrogen and oxygen atoms in total. The fraction of sp³-hybridized carbons (Fsp3) is 0.143. The van der Waals surface area contributed by atoms with E-state index in [0.717, 1.165) is 12.8 Å². The standard InChI is InChI=1S/C47H38.C2H6/c1-4-32-27-28-47(3,31-33(32)5-2)40-16-12-15-39(30-40)46-43-19-10-8-17-41(43)45(42-18-9-11-20-44(42)46)36-24-21-35(22-25-36)38-26-23-34-13-6-7-14-37(34)29-38;1-2/h5-27,29-31H,2,4,28H2,1,3H3;1-2H3. The Hall–Kier alpha value is -5.46. The monoisotopic (exact) mass is 632 g/mol. The topological polar surface area (TPSA) is 0 Å². The van der Waals surface area contributed by atoms with E-state index in [1.807, 2.05) is 19.9 Å². The van der Waals surface area contributed by atoms with Gasteiger partial charge in [0.25, 0.3) is 0 Å². The Morgan fingerprint density at radius 3 is 1.73 bits per heavy atom. The first-order valence-corrected chi connectivity index (χ1v) is 17.7. The van der Waals surface area contributed by atoms with E-state index in [2.05, 4.69) is 172 Å². The van der Waals surface area contributed by atoms with Crippen LogP contribution < -0.4 is 0 Å². The van der Waals surface area contributed by atoms with E-state index in [-0.39, 0.29) is 5.41 Å². The van der Waals surface area contributed by atoms with Crippen LogP contribution in [0, 0.1) is 0 Å². The number of allylic oxidation sites excluding steroid dienone is 5. The third-order valence-corrected chi connectivity index (χ3v) is 10.2. The fourth-order valence-electron chi connectivity index (χ4n) is 7.67. The summed E-state index contributed by atoms with van der Waals surface area (Å²) in [6, 6.07) is 51.6. The molecule has 1 aliphatic rings. The lowest BCUT2D eigenvalue weighted by atomic mass is 9.73. The van der Waals surface area contributed by atoms with Gasteiger partial charge in [-0.2, -0.15) is 0 Å². The molecule has 0 heterocycles. The minimum Gasteiger partial charge on any atom is -0.0985 e. The number of rotatable bonds is 6. The molecule has 8 rings (SSSR count). The van der Waals surface area contributed by atoms with Gasteiger partial charge in [0.1, 0.15) is 0 Å². The highest BCUT2D eigenvalue weighted by atomic mass is 14.3. The Kier molecular flexibility index (Phi) is 8.89. The van der Waals surface area contributed by atoms with Gasteiger partial charge in [-0.1, -0.05) is 186 Å². The van der Waals surface area contributed by atoms with Crippen molar-refractivity contribution in [1.82, 2.24) is 0 Å². The van der Waals surface area contributed by atoms with Crippen molar-refractivity contribution in [3.05, 3.63) is 181 Å². The maximum atomic E-state index is 4.13. The largest absolute Gasteiger partial charge is 0.0985 e. The molecule has 0 saturated carbocycles. The minimum atomic E-state index is -0.0868. The zero-order chi connectivity index (χ0) is 34.0. The molecule has 1 atom stereocenters. The predicted molar refractivity (Wildman–Crippen MR) is 215 cm³/mol. The van der Waals surface area contributed by atoms with E-state index in [1.165, 1.54) is 82.4 Å². The first-order valence-electron chi connectivity index (χ1n) is 17.7. The molecule has 0 radical (unpaired) electrons. The molecule has 1 aliphatic carbocycles. The van der Waals surface area contributed by atoms with Crippen molar-refractivity contribution in [2.45, 2.75) is 46.0 Å². The van der Waals surface area contributed by atoms with Crippen molar-refractivity contribution in [2.75, 3.05) is 0 Å². The first-order chi connectivity index (χ1) is 24.1. The molecule has 240 valence electrons. The van der Waals surface area contributed by atoms with Gasteiger partial charge >= 0.3 is 0 Å². The lowest BCUT2D eigenvalue weighted by Crippen LogP contribution is -2.22. The summed E-state index contributed by atoms with van der Waals surface area (Å²) < 4.78 is 0. The van der Waals surface area contributed by atoms with Crippen LogP contribution in [0.25, 0.3) is 65.7 Å². The SMILES string of the molecule is C=CC1=CC(C)(c2cccc(-c3c4ccccc4c(-c4ccc(-c5ccc6ccccc6c5)cc4)c4ccccc34)c2)CC=C1CC.CC. The number of fused-ring (bicyclic) bond motifs is 3. The second kappa shape index (κ2) is 13.6. The Bertz CT molecular complexity index is 2320. The number of hydrogen-bond donors (Lipinski definition) is 0. The Labute approximate surface area is 291 Å². The quantitative estimate of drug-likeness (QED) is 0.160. The van der Waals surface area contributed by atoms with Gasteiger partial charge in [0.2, 0.25) is 0 Å². The van der Waals surface area contributed by atoms with Crippen molar-refractivity contribution in [3.8, 4) is 33.4 Å². The Balaban J connectivity index is 0.00000186. The summed E-state index contributed by atoms with van der Waals surface area (Å²) in [4.78, 5) is 0. The predicted octanol–water partition coefficient (Wildman–Crippen LogP) is 14.3. The lowest BCUT2D eigenvalue weighted by Gasteiger charge is -2.31. The van der Waals surface area contributed by atoms with Gasteiger partial charge in [-0.05, 0) is 101 Å². The van der Waals surface area contributed by atoms with Gasteiger partial charge in [0.05, 0.1) is 0 Å². The summed E-state index contributed by atoms with van der Waals surface area (Å²) >= 11 is 0. The zero-order valence-corrected chi connectivity index (χ0v) is 29.1. The third kappa shape index (κ3) is 5.83. The maximum Gasteiger partial charge on any atom is 0.0147 e. The van der Waals surface area contributed by atoms with E-state index in [1.54, 1.807) is 0 Å². The number of hydrogen-bond acceptors (Lipinski definition) is 0. The summed E-state index contributed by atoms with van der Waals surface area (Å²) in [5, 5.41) is 7.64. The van der Waals surface area contributed by atoms with Crippen molar-refractivity contribution < 1.29 is 0 Å². The van der Waals surface area contributed by atoms with Crippen LogP contribution in [0.15, 0.2) is 175 Å². The summed E-state index contributed by atoms with van der Waals surface area (Å²) in [6.07, 6.45) is 8.88. The molecule has 0 spiro atoms. The highest BCUT2D eigenvalue weighted by Crippen LogP contribution is 2.45. The second-order valence-corrected chi connectivity index (χ2v) is 13.1. The number of benzene rings is 7. The summed E-state index contributed by atoms with van der Waals surface area (Å²) in [5.74, 6) is 0. The molecule has 7 aromatic carbocycles. The van der Waals surface area contributed by atoms with E-state index < -0.39 is 0 Å². The Morgan fingerprint density at radius 2 is 1.12 bits per heavy atom. The molecule has 0 saturated heterocycles. The van der Waals surface area contributed by atoms with Crippen molar-refractivity contribution >= 4 is 32.3 Å². The second-order valence-electron chi connectivity index (χ2n) is 13.1. The van der Waals surface area contributed by atoms with Crippen LogP contribution in [-0.2, 0) is 5.41 Å². The molecule has 0 amide bonds. The minimum absolute atomic E-state index is 0.0868. The van der Waals surface area contributed by atoms with E-state index in [0.29, 0.717) is 0 Å². The molecule has 0 heteroatoms. The van der Waals surface area contributed by atoms with Crippen LogP contribution in [0.4, 0.5) is 0 Å². The van der Waals surface area contributed by atoms with Gasteiger partial charge in [-0.15, -0.1) is 0 Å².